The van der Waals surface area contributed by atoms with Gasteiger partial charge in [0.15, 0.2) is 0 Å². The zero-order valence-corrected chi connectivity index (χ0v) is 3.87. The number of carboxylic acids is 2. The largest absolute Gasteiger partial charge is 0.478 e. The van der Waals surface area contributed by atoms with E-state index >= 15 is 0 Å². The Hall–Kier alpha value is -1.32. The fraction of sp³-hybridized carbons (Fsp3) is 0. The van der Waals surface area contributed by atoms with E-state index in [0.717, 1.165) is 0 Å². The SMILES string of the molecule is O=C(O)/C=C\[11C](=O)O. The van der Waals surface area contributed by atoms with E-state index in [1.807, 2.05) is 0 Å². The Morgan fingerprint density at radius 3 is 1.38 bits per heavy atom. The highest BCUT2D eigenvalue weighted by Crippen LogP contribution is 1.70. The van der Waals surface area contributed by atoms with Crippen LogP contribution in [0.1, 0.15) is 0 Å². The maximum Gasteiger partial charge on any atom is 0.328 e. The number of hydrogen-bond donors (Lipinski definition) is 2. The second-order valence-corrected chi connectivity index (χ2v) is 1.01. The van der Waals surface area contributed by atoms with Crippen LogP contribution in [0.3, 0.4) is 0 Å². The number of aliphatic carboxylic acids is 2. The fourth-order valence-electron chi connectivity index (χ4n) is 0.143. The summed E-state index contributed by atoms with van der Waals surface area (Å²) in [5, 5.41) is 15.6. The van der Waals surface area contributed by atoms with Crippen LogP contribution in [0.25, 0.3) is 0 Å². The second-order valence-electron chi connectivity index (χ2n) is 1.01. The Kier molecular flexibility index (Phi) is 2.33. The highest BCUT2D eigenvalue weighted by atomic mass is 16.4. The van der Waals surface area contributed by atoms with E-state index in [0.29, 0.717) is 12.2 Å². The third kappa shape index (κ3) is 4.68. The molecule has 0 radical (unpaired) electrons. The lowest BCUT2D eigenvalue weighted by Crippen LogP contribution is -1.91. The first-order valence-corrected chi connectivity index (χ1v) is 1.77. The number of hydrogen-bond acceptors (Lipinski definition) is 2. The molecule has 0 aliphatic carbocycles. The first-order valence-electron chi connectivity index (χ1n) is 1.77. The van der Waals surface area contributed by atoms with Crippen LogP contribution in [0.2, 0.25) is 0 Å². The topological polar surface area (TPSA) is 74.6 Å². The molecule has 0 amide bonds. The summed E-state index contributed by atoms with van der Waals surface area (Å²) in [7, 11) is 0. The molecule has 0 aromatic rings. The standard InChI is InChI=1S/C4H4O4/c5-3(6)1-2-4(7)8/h1-2H,(H,5,6)(H,7,8)/b2-1-/i3-1. The quantitative estimate of drug-likeness (QED) is 0.485. The van der Waals surface area contributed by atoms with Crippen molar-refractivity contribution < 1.29 is 19.8 Å². The first-order chi connectivity index (χ1) is 3.63. The Morgan fingerprint density at radius 2 is 1.25 bits per heavy atom. The predicted molar refractivity (Wildman–Crippen MR) is 24.4 cm³/mol. The van der Waals surface area contributed by atoms with Crippen molar-refractivity contribution in [2.75, 3.05) is 0 Å². The molecule has 0 heterocycles. The Bertz CT molecular complexity index is 119. The predicted octanol–water partition coefficient (Wildman–Crippen LogP) is -0.288. The minimum absolute atomic E-state index is 0.558. The van der Waals surface area contributed by atoms with E-state index in [4.69, 9.17) is 10.2 Å². The highest BCUT2D eigenvalue weighted by Gasteiger charge is 1.88. The van der Waals surface area contributed by atoms with Crippen LogP contribution in [0.5, 0.6) is 0 Å². The summed E-state index contributed by atoms with van der Waals surface area (Å²) in [4.78, 5) is 19.1. The summed E-state index contributed by atoms with van der Waals surface area (Å²) in [5.74, 6) is -2.51. The molecule has 0 aromatic heterocycles. The van der Waals surface area contributed by atoms with Crippen LogP contribution in [0, 0.1) is 0 Å². The minimum atomic E-state index is -1.26. The molecule has 0 spiro atoms. The van der Waals surface area contributed by atoms with Crippen LogP contribution in [-0.2, 0) is 9.59 Å². The minimum Gasteiger partial charge on any atom is -0.478 e. The van der Waals surface area contributed by atoms with Gasteiger partial charge < -0.3 is 10.2 Å². The summed E-state index contributed by atoms with van der Waals surface area (Å²) in [6, 6.07) is 0. The highest BCUT2D eigenvalue weighted by molar-refractivity contribution is 5.89. The van der Waals surface area contributed by atoms with E-state index in [9.17, 15) is 9.59 Å². The lowest BCUT2D eigenvalue weighted by atomic mass is 10.1. The number of carbonyl (C=O) groups is 2. The summed E-state index contributed by atoms with van der Waals surface area (Å²) < 4.78 is 0. The normalized spacial score (nSPS) is 9.50. The summed E-state index contributed by atoms with van der Waals surface area (Å²) in [6.45, 7) is 0. The van der Waals surface area contributed by atoms with Crippen molar-refractivity contribution in [3.8, 4) is 0 Å². The molecule has 0 rings (SSSR count). The number of carboxylic acid groups (broad SMARTS) is 2. The van der Waals surface area contributed by atoms with E-state index in [1.54, 1.807) is 0 Å². The van der Waals surface area contributed by atoms with Gasteiger partial charge in [0.2, 0.25) is 0 Å². The van der Waals surface area contributed by atoms with E-state index < -0.39 is 11.9 Å². The van der Waals surface area contributed by atoms with Crippen molar-refractivity contribution in [2.24, 2.45) is 0 Å². The molecule has 0 aliphatic rings. The molecule has 0 unspecified atom stereocenters. The van der Waals surface area contributed by atoms with Gasteiger partial charge in [-0.15, -0.1) is 0 Å². The molecule has 4 heteroatoms. The van der Waals surface area contributed by atoms with Crippen molar-refractivity contribution in [1.82, 2.24) is 0 Å². The average molecular weight is 115 g/mol. The van der Waals surface area contributed by atoms with Crippen molar-refractivity contribution >= 4 is 11.9 Å². The molecular weight excluding hydrogens is 111 g/mol. The third-order valence-electron chi connectivity index (χ3n) is 0.368. The van der Waals surface area contributed by atoms with Crippen molar-refractivity contribution in [3.05, 3.63) is 12.2 Å². The van der Waals surface area contributed by atoms with Crippen LogP contribution in [0.15, 0.2) is 12.2 Å². The van der Waals surface area contributed by atoms with Crippen molar-refractivity contribution in [1.29, 1.82) is 0 Å². The van der Waals surface area contributed by atoms with Gasteiger partial charge in [-0.05, 0) is 0 Å². The van der Waals surface area contributed by atoms with E-state index in [1.165, 1.54) is 0 Å². The Balaban J connectivity index is 3.67. The molecule has 8 heavy (non-hydrogen) atoms. The van der Waals surface area contributed by atoms with Gasteiger partial charge in [-0.2, -0.15) is 0 Å². The summed E-state index contributed by atoms with van der Waals surface area (Å²) in [6.07, 6.45) is 1.12. The maximum atomic E-state index is 9.55. The molecule has 0 aromatic carbocycles. The molecule has 0 bridgehead atoms. The van der Waals surface area contributed by atoms with Crippen molar-refractivity contribution in [3.63, 3.8) is 0 Å². The Labute approximate surface area is 45.1 Å². The molecular formula is C4H4O4. The molecule has 0 atom stereocenters. The van der Waals surface area contributed by atoms with Gasteiger partial charge in [0.05, 0.1) is 0 Å². The molecule has 0 saturated heterocycles. The summed E-state index contributed by atoms with van der Waals surface area (Å²) in [5.41, 5.74) is 0. The molecule has 0 fully saturated rings. The maximum absolute atomic E-state index is 9.55. The molecule has 44 valence electrons. The average Bonchev–Trinajstić information content (AvgIpc) is 1.61. The van der Waals surface area contributed by atoms with Crippen LogP contribution in [-0.4, -0.2) is 22.2 Å². The van der Waals surface area contributed by atoms with Gasteiger partial charge in [0.25, 0.3) is 0 Å². The van der Waals surface area contributed by atoms with Crippen LogP contribution in [0.4, 0.5) is 0 Å². The van der Waals surface area contributed by atoms with Crippen molar-refractivity contribution in [2.45, 2.75) is 0 Å². The van der Waals surface area contributed by atoms with Crippen LogP contribution >= 0.6 is 0 Å². The lowest BCUT2D eigenvalue weighted by molar-refractivity contribution is -0.134. The van der Waals surface area contributed by atoms with Crippen LogP contribution < -0.4 is 0 Å². The smallest absolute Gasteiger partial charge is 0.328 e. The third-order valence-corrected chi connectivity index (χ3v) is 0.368. The molecule has 4 nitrogen and oxygen atoms in total. The fourth-order valence-corrected chi connectivity index (χ4v) is 0.143. The van der Waals surface area contributed by atoms with Gasteiger partial charge in [0, 0.05) is 12.2 Å². The second kappa shape index (κ2) is 2.79. The zero-order valence-electron chi connectivity index (χ0n) is 3.87. The van der Waals surface area contributed by atoms with E-state index in [2.05, 4.69) is 0 Å². The number of rotatable bonds is 2. The molecule has 2 N–H and O–H groups in total. The van der Waals surface area contributed by atoms with Gasteiger partial charge >= 0.3 is 11.9 Å². The lowest BCUT2D eigenvalue weighted by Gasteiger charge is -1.74. The van der Waals surface area contributed by atoms with Gasteiger partial charge in [-0.3, -0.25) is 0 Å². The Morgan fingerprint density at radius 1 is 1.00 bits per heavy atom. The molecule has 0 aliphatic heterocycles. The monoisotopic (exact) mass is 115 g/mol. The van der Waals surface area contributed by atoms with Gasteiger partial charge in [-0.25, -0.2) is 9.59 Å². The first kappa shape index (κ1) is 6.68. The summed E-state index contributed by atoms with van der Waals surface area (Å²) >= 11 is 0. The zero-order chi connectivity index (χ0) is 6.57. The molecule has 0 saturated carbocycles. The van der Waals surface area contributed by atoms with Gasteiger partial charge in [0.1, 0.15) is 0 Å². The van der Waals surface area contributed by atoms with Gasteiger partial charge in [-0.1, -0.05) is 0 Å². The van der Waals surface area contributed by atoms with E-state index in [-0.39, 0.29) is 0 Å².